The molecule has 0 N–H and O–H groups in total. The van der Waals surface area contributed by atoms with Gasteiger partial charge in [-0.3, -0.25) is 4.57 Å². The van der Waals surface area contributed by atoms with E-state index in [1.165, 1.54) is 47.8 Å². The maximum atomic E-state index is 5.48. The van der Waals surface area contributed by atoms with Crippen LogP contribution in [0.2, 0.25) is 0 Å². The van der Waals surface area contributed by atoms with Crippen LogP contribution < -0.4 is 0 Å². The largest absolute Gasteiger partial charge is 0.278 e. The van der Waals surface area contributed by atoms with E-state index < -0.39 is 0 Å². The number of hydrogen-bond donors (Lipinski definition) is 0. The minimum Gasteiger partial charge on any atom is -0.278 e. The minimum atomic E-state index is 0.689. The second kappa shape index (κ2) is 8.96. The molecule has 204 valence electrons. The zero-order valence-electron chi connectivity index (χ0n) is 23.5. The first-order valence-electron chi connectivity index (χ1n) is 14.8. The van der Waals surface area contributed by atoms with Gasteiger partial charge in [0.2, 0.25) is 5.95 Å². The maximum absolute atomic E-state index is 5.48. The van der Waals surface area contributed by atoms with Gasteiger partial charge in [-0.1, -0.05) is 121 Å². The molecule has 0 spiro atoms. The molecule has 3 heterocycles. The summed E-state index contributed by atoms with van der Waals surface area (Å²) in [4.78, 5) is 10.9. The van der Waals surface area contributed by atoms with Gasteiger partial charge in [0.1, 0.15) is 0 Å². The highest BCUT2D eigenvalue weighted by Crippen LogP contribution is 2.43. The van der Waals surface area contributed by atoms with E-state index in [0.717, 1.165) is 37.9 Å². The predicted octanol–water partition coefficient (Wildman–Crippen LogP) is 11.1. The first kappa shape index (κ1) is 23.9. The monoisotopic (exact) mass is 577 g/mol. The Kier molecular flexibility index (Phi) is 4.87. The summed E-state index contributed by atoms with van der Waals surface area (Å²) in [7, 11) is 0. The highest BCUT2D eigenvalue weighted by Gasteiger charge is 2.22. The zero-order valence-corrected chi connectivity index (χ0v) is 24.3. The molecule has 4 heteroatoms. The second-order valence-electron chi connectivity index (χ2n) is 11.4. The van der Waals surface area contributed by atoms with Crippen molar-refractivity contribution >= 4 is 85.8 Å². The van der Waals surface area contributed by atoms with E-state index >= 15 is 0 Å². The Labute approximate surface area is 256 Å². The third-order valence-corrected chi connectivity index (χ3v) is 10.2. The van der Waals surface area contributed by atoms with Crippen LogP contribution in [-0.2, 0) is 0 Å². The minimum absolute atomic E-state index is 0.689. The smallest absolute Gasteiger partial charge is 0.235 e. The molecule has 0 radical (unpaired) electrons. The molecule has 7 aromatic carbocycles. The lowest BCUT2D eigenvalue weighted by atomic mass is 10.00. The number of benzene rings is 7. The molecule has 0 saturated heterocycles. The molecular weight excluding hydrogens is 555 g/mol. The quantitative estimate of drug-likeness (QED) is 0.205. The maximum Gasteiger partial charge on any atom is 0.235 e. The van der Waals surface area contributed by atoms with Gasteiger partial charge in [-0.2, -0.15) is 0 Å². The van der Waals surface area contributed by atoms with Gasteiger partial charge in [0, 0.05) is 26.4 Å². The van der Waals surface area contributed by atoms with E-state index in [1.807, 2.05) is 0 Å². The lowest BCUT2D eigenvalue weighted by Gasteiger charge is -2.12. The average Bonchev–Trinajstić information content (AvgIpc) is 3.64. The van der Waals surface area contributed by atoms with Crippen LogP contribution in [0.1, 0.15) is 0 Å². The van der Waals surface area contributed by atoms with E-state index in [0.29, 0.717) is 5.95 Å². The Morgan fingerprint density at radius 3 is 1.68 bits per heavy atom. The number of thiophene rings is 1. The average molecular weight is 578 g/mol. The molecule has 0 fully saturated rings. The SMILES string of the molecule is c1ccc2c(-c3nc(-n4c5ccc6ccccc6c5c5c6ccccc6ccc54)nc4c3sc3ccccc34)cccc2c1. The number of aromatic nitrogens is 3. The van der Waals surface area contributed by atoms with Gasteiger partial charge in [-0.15, -0.1) is 11.3 Å². The molecule has 0 saturated carbocycles. The molecule has 0 amide bonds. The normalized spacial score (nSPS) is 12.1. The number of nitrogens with zero attached hydrogens (tertiary/aromatic N) is 3. The highest BCUT2D eigenvalue weighted by molar-refractivity contribution is 7.26. The number of rotatable bonds is 2. The summed E-state index contributed by atoms with van der Waals surface area (Å²) >= 11 is 1.77. The lowest BCUT2D eigenvalue weighted by Crippen LogP contribution is -2.03. The van der Waals surface area contributed by atoms with E-state index in [-0.39, 0.29) is 0 Å². The molecule has 0 aliphatic carbocycles. The van der Waals surface area contributed by atoms with Crippen LogP contribution in [0.15, 0.2) is 140 Å². The molecule has 10 aromatic rings. The van der Waals surface area contributed by atoms with E-state index in [9.17, 15) is 0 Å². The fraction of sp³-hybridized carbons (Fsp3) is 0. The van der Waals surface area contributed by atoms with Crippen molar-refractivity contribution in [2.75, 3.05) is 0 Å². The van der Waals surface area contributed by atoms with Gasteiger partial charge in [0.05, 0.1) is 26.9 Å². The Hall–Kier alpha value is -5.58. The Bertz CT molecular complexity index is 2690. The van der Waals surface area contributed by atoms with Crippen molar-refractivity contribution in [1.82, 2.24) is 14.5 Å². The van der Waals surface area contributed by atoms with Crippen LogP contribution in [0.4, 0.5) is 0 Å². The van der Waals surface area contributed by atoms with Crippen LogP contribution in [0.25, 0.3) is 91.6 Å². The van der Waals surface area contributed by atoms with Crippen molar-refractivity contribution in [2.45, 2.75) is 0 Å². The van der Waals surface area contributed by atoms with Gasteiger partial charge in [0.15, 0.2) is 0 Å². The van der Waals surface area contributed by atoms with Gasteiger partial charge in [-0.05, 0) is 50.5 Å². The van der Waals surface area contributed by atoms with Gasteiger partial charge in [0.25, 0.3) is 0 Å². The first-order valence-corrected chi connectivity index (χ1v) is 15.7. The second-order valence-corrected chi connectivity index (χ2v) is 12.4. The summed E-state index contributed by atoms with van der Waals surface area (Å²) in [6, 6.07) is 49.9. The van der Waals surface area contributed by atoms with E-state index in [2.05, 4.69) is 144 Å². The summed E-state index contributed by atoms with van der Waals surface area (Å²) in [5, 5.41) is 11.0. The van der Waals surface area contributed by atoms with Crippen LogP contribution in [0, 0.1) is 0 Å². The van der Waals surface area contributed by atoms with E-state index in [4.69, 9.17) is 9.97 Å². The van der Waals surface area contributed by atoms with Crippen molar-refractivity contribution in [3.05, 3.63) is 140 Å². The highest BCUT2D eigenvalue weighted by atomic mass is 32.1. The third-order valence-electron chi connectivity index (χ3n) is 9.00. The molecule has 0 aliphatic rings. The van der Waals surface area contributed by atoms with Crippen molar-refractivity contribution in [3.8, 4) is 17.2 Å². The summed E-state index contributed by atoms with van der Waals surface area (Å²) < 4.78 is 4.61. The van der Waals surface area contributed by atoms with Crippen molar-refractivity contribution < 1.29 is 0 Å². The molecule has 0 atom stereocenters. The predicted molar refractivity (Wildman–Crippen MR) is 187 cm³/mol. The molecular formula is C40H23N3S. The molecule has 0 aliphatic heterocycles. The summed E-state index contributed by atoms with van der Waals surface area (Å²) in [6.07, 6.45) is 0. The van der Waals surface area contributed by atoms with Crippen LogP contribution >= 0.6 is 11.3 Å². The van der Waals surface area contributed by atoms with Crippen LogP contribution in [0.3, 0.4) is 0 Å². The van der Waals surface area contributed by atoms with Crippen LogP contribution in [0.5, 0.6) is 0 Å². The molecule has 3 nitrogen and oxygen atoms in total. The standard InChI is InChI=1S/C40H23N3S/c1-4-14-27-24(10-1)13-9-18-30(27)37-39-38(31-17-7-8-19-34(31)44-39)42-40(41-37)43-32-22-20-25-11-2-5-15-28(25)35(32)36-29-16-6-3-12-26(29)21-23-33(36)43/h1-23H. The fourth-order valence-electron chi connectivity index (χ4n) is 7.06. The molecule has 3 aromatic heterocycles. The van der Waals surface area contributed by atoms with Crippen LogP contribution in [-0.4, -0.2) is 14.5 Å². The van der Waals surface area contributed by atoms with Gasteiger partial charge >= 0.3 is 0 Å². The first-order chi connectivity index (χ1) is 21.8. The summed E-state index contributed by atoms with van der Waals surface area (Å²) in [5.41, 5.74) is 5.31. The van der Waals surface area contributed by atoms with Crippen molar-refractivity contribution in [3.63, 3.8) is 0 Å². The van der Waals surface area contributed by atoms with E-state index in [1.54, 1.807) is 11.3 Å². The zero-order chi connectivity index (χ0) is 28.8. The fourth-order valence-corrected chi connectivity index (χ4v) is 8.20. The third kappa shape index (κ3) is 3.26. The molecule has 44 heavy (non-hydrogen) atoms. The number of hydrogen-bond acceptors (Lipinski definition) is 3. The summed E-state index contributed by atoms with van der Waals surface area (Å²) in [6.45, 7) is 0. The Balaban J connectivity index is 1.41. The topological polar surface area (TPSA) is 30.7 Å². The molecule has 0 unspecified atom stereocenters. The Morgan fingerprint density at radius 1 is 0.455 bits per heavy atom. The molecule has 10 rings (SSSR count). The van der Waals surface area contributed by atoms with Gasteiger partial charge in [-0.25, -0.2) is 9.97 Å². The summed E-state index contributed by atoms with van der Waals surface area (Å²) in [5.74, 6) is 0.689. The van der Waals surface area contributed by atoms with Gasteiger partial charge < -0.3 is 0 Å². The Morgan fingerprint density at radius 2 is 1.00 bits per heavy atom. The van der Waals surface area contributed by atoms with Crippen molar-refractivity contribution in [1.29, 1.82) is 0 Å². The lowest BCUT2D eigenvalue weighted by molar-refractivity contribution is 1.02. The molecule has 0 bridgehead atoms. The van der Waals surface area contributed by atoms with Crippen molar-refractivity contribution in [2.24, 2.45) is 0 Å². The number of fused-ring (bicyclic) bond motifs is 11.